The molecule has 3 aromatic rings. The molecule has 0 fully saturated rings. The van der Waals surface area contributed by atoms with Crippen LogP contribution in [0.4, 0.5) is 11.4 Å². The average molecular weight is 462 g/mol. The number of amides is 3. The maximum Gasteiger partial charge on any atom is 0.259 e. The van der Waals surface area contributed by atoms with E-state index in [-0.39, 0.29) is 17.7 Å². The molecule has 4 rings (SSSR count). The molecule has 8 heteroatoms. The Hall–Kier alpha value is -3.62. The fraction of sp³-hybridized carbons (Fsp3) is 0.160. The molecule has 3 aromatic carbocycles. The van der Waals surface area contributed by atoms with Gasteiger partial charge < -0.3 is 20.3 Å². The van der Waals surface area contributed by atoms with Gasteiger partial charge in [0.25, 0.3) is 17.7 Å². The summed E-state index contributed by atoms with van der Waals surface area (Å²) in [4.78, 5) is 41.1. The molecule has 7 nitrogen and oxygen atoms in total. The van der Waals surface area contributed by atoms with Gasteiger partial charge in [-0.25, -0.2) is 0 Å². The smallest absolute Gasteiger partial charge is 0.259 e. The van der Waals surface area contributed by atoms with Crippen molar-refractivity contribution in [2.45, 2.75) is 9.79 Å². The van der Waals surface area contributed by atoms with Gasteiger partial charge in [0.05, 0.1) is 17.9 Å². The minimum Gasteiger partial charge on any atom is -0.383 e. The Morgan fingerprint density at radius 2 is 1.64 bits per heavy atom. The number of fused-ring (bicyclic) bond motifs is 2. The van der Waals surface area contributed by atoms with Crippen LogP contribution >= 0.6 is 11.8 Å². The summed E-state index contributed by atoms with van der Waals surface area (Å²) in [5, 5.41) is 5.46. The van der Waals surface area contributed by atoms with Gasteiger partial charge in [0.15, 0.2) is 0 Å². The first-order valence-corrected chi connectivity index (χ1v) is 11.2. The predicted octanol–water partition coefficient (Wildman–Crippen LogP) is 4.06. The first-order valence-electron chi connectivity index (χ1n) is 10.4. The summed E-state index contributed by atoms with van der Waals surface area (Å²) in [6, 6.07) is 19.4. The van der Waals surface area contributed by atoms with Gasteiger partial charge in [0.2, 0.25) is 0 Å². The van der Waals surface area contributed by atoms with Crippen LogP contribution in [0.2, 0.25) is 0 Å². The Morgan fingerprint density at radius 1 is 0.939 bits per heavy atom. The number of ether oxygens (including phenoxy) is 1. The van der Waals surface area contributed by atoms with E-state index in [9.17, 15) is 14.4 Å². The zero-order valence-electron chi connectivity index (χ0n) is 18.3. The highest BCUT2D eigenvalue weighted by molar-refractivity contribution is 7.99. The van der Waals surface area contributed by atoms with Gasteiger partial charge in [0.1, 0.15) is 0 Å². The van der Waals surface area contributed by atoms with E-state index in [1.807, 2.05) is 36.4 Å². The first-order chi connectivity index (χ1) is 16.0. The van der Waals surface area contributed by atoms with Crippen molar-refractivity contribution in [3.8, 4) is 0 Å². The van der Waals surface area contributed by atoms with Gasteiger partial charge in [-0.3, -0.25) is 14.4 Å². The standard InChI is InChI=1S/C25H23N3O4S/c1-26-23(29)16-7-9-17(10-8-16)24(30)27-18-11-12-20-22(15-18)33-21-6-4-3-5-19(21)25(31)28(20)13-14-32-2/h3-12,15H,13-14H2,1-2H3,(H,26,29)(H,27,30). The number of hydrogen-bond donors (Lipinski definition) is 2. The highest BCUT2D eigenvalue weighted by Crippen LogP contribution is 2.42. The number of nitrogens with one attached hydrogen (secondary N) is 2. The van der Waals surface area contributed by atoms with Crippen molar-refractivity contribution < 1.29 is 19.1 Å². The third kappa shape index (κ3) is 4.76. The van der Waals surface area contributed by atoms with E-state index in [2.05, 4.69) is 10.6 Å². The molecule has 3 amide bonds. The maximum atomic E-state index is 13.2. The van der Waals surface area contributed by atoms with Crippen molar-refractivity contribution in [2.24, 2.45) is 0 Å². The Bertz CT molecular complexity index is 1210. The lowest BCUT2D eigenvalue weighted by Gasteiger charge is -2.23. The lowest BCUT2D eigenvalue weighted by molar-refractivity contribution is 0.0958. The third-order valence-electron chi connectivity index (χ3n) is 5.25. The van der Waals surface area contributed by atoms with Gasteiger partial charge in [0, 0.05) is 47.3 Å². The van der Waals surface area contributed by atoms with E-state index in [0.717, 1.165) is 15.5 Å². The molecule has 0 spiro atoms. The summed E-state index contributed by atoms with van der Waals surface area (Å²) in [6.07, 6.45) is 0. The van der Waals surface area contributed by atoms with Crippen molar-refractivity contribution in [1.82, 2.24) is 5.32 Å². The molecule has 33 heavy (non-hydrogen) atoms. The second-order valence-corrected chi connectivity index (χ2v) is 8.42. The molecule has 0 saturated heterocycles. The summed E-state index contributed by atoms with van der Waals surface area (Å²) in [6.45, 7) is 0.823. The van der Waals surface area contributed by atoms with E-state index >= 15 is 0 Å². The molecule has 1 heterocycles. The Balaban J connectivity index is 1.62. The van der Waals surface area contributed by atoms with Crippen LogP contribution in [0.1, 0.15) is 31.1 Å². The van der Waals surface area contributed by atoms with Gasteiger partial charge in [-0.2, -0.15) is 0 Å². The molecule has 0 aromatic heterocycles. The number of hydrogen-bond acceptors (Lipinski definition) is 5. The fourth-order valence-corrected chi connectivity index (χ4v) is 4.64. The summed E-state index contributed by atoms with van der Waals surface area (Å²) in [5.41, 5.74) is 2.94. The summed E-state index contributed by atoms with van der Waals surface area (Å²) in [5.74, 6) is -0.579. The zero-order valence-corrected chi connectivity index (χ0v) is 19.1. The zero-order chi connectivity index (χ0) is 23.4. The number of carbonyl (C=O) groups is 3. The third-order valence-corrected chi connectivity index (χ3v) is 6.37. The first kappa shape index (κ1) is 22.6. The molecule has 0 radical (unpaired) electrons. The fourth-order valence-electron chi connectivity index (χ4n) is 3.53. The predicted molar refractivity (Wildman–Crippen MR) is 128 cm³/mol. The van der Waals surface area contributed by atoms with Gasteiger partial charge in [-0.05, 0) is 54.6 Å². The van der Waals surface area contributed by atoms with Crippen LogP contribution in [0.15, 0.2) is 76.5 Å². The van der Waals surface area contributed by atoms with Crippen molar-refractivity contribution in [2.75, 3.05) is 37.5 Å². The van der Waals surface area contributed by atoms with Crippen molar-refractivity contribution >= 4 is 40.9 Å². The van der Waals surface area contributed by atoms with Crippen molar-refractivity contribution in [1.29, 1.82) is 0 Å². The van der Waals surface area contributed by atoms with E-state index < -0.39 is 0 Å². The molecule has 1 aliphatic heterocycles. The lowest BCUT2D eigenvalue weighted by atomic mass is 10.1. The topological polar surface area (TPSA) is 87.7 Å². The van der Waals surface area contributed by atoms with Crippen LogP contribution in [0.5, 0.6) is 0 Å². The number of benzene rings is 3. The van der Waals surface area contributed by atoms with E-state index in [1.165, 1.54) is 11.8 Å². The molecule has 0 saturated carbocycles. The SMILES string of the molecule is CNC(=O)c1ccc(C(=O)Nc2ccc3c(c2)Sc2ccccc2C(=O)N3CCOC)cc1. The van der Waals surface area contributed by atoms with Crippen LogP contribution in [0.25, 0.3) is 0 Å². The highest BCUT2D eigenvalue weighted by atomic mass is 32.2. The van der Waals surface area contributed by atoms with Crippen LogP contribution in [-0.4, -0.2) is 45.0 Å². The van der Waals surface area contributed by atoms with Gasteiger partial charge >= 0.3 is 0 Å². The average Bonchev–Trinajstić information content (AvgIpc) is 2.96. The molecule has 168 valence electrons. The normalized spacial score (nSPS) is 12.4. The summed E-state index contributed by atoms with van der Waals surface area (Å²) >= 11 is 1.49. The van der Waals surface area contributed by atoms with Crippen molar-refractivity contribution in [3.63, 3.8) is 0 Å². The van der Waals surface area contributed by atoms with Crippen molar-refractivity contribution in [3.05, 3.63) is 83.4 Å². The van der Waals surface area contributed by atoms with Gasteiger partial charge in [-0.1, -0.05) is 23.9 Å². The number of carbonyl (C=O) groups excluding carboxylic acids is 3. The largest absolute Gasteiger partial charge is 0.383 e. The number of nitrogens with zero attached hydrogens (tertiary/aromatic N) is 1. The number of rotatable bonds is 6. The van der Waals surface area contributed by atoms with Crippen LogP contribution in [-0.2, 0) is 4.74 Å². The highest BCUT2D eigenvalue weighted by Gasteiger charge is 2.27. The molecular formula is C25H23N3O4S. The van der Waals surface area contributed by atoms with Crippen LogP contribution in [0.3, 0.4) is 0 Å². The Morgan fingerprint density at radius 3 is 2.33 bits per heavy atom. The molecule has 0 bridgehead atoms. The molecule has 0 aliphatic carbocycles. The molecular weight excluding hydrogens is 438 g/mol. The quantitative estimate of drug-likeness (QED) is 0.578. The van der Waals surface area contributed by atoms with E-state index in [4.69, 9.17) is 4.74 Å². The van der Waals surface area contributed by atoms with E-state index in [0.29, 0.717) is 35.5 Å². The summed E-state index contributed by atoms with van der Waals surface area (Å²) < 4.78 is 5.21. The molecule has 1 aliphatic rings. The monoisotopic (exact) mass is 461 g/mol. The Labute approximate surface area is 196 Å². The van der Waals surface area contributed by atoms with E-state index in [1.54, 1.807) is 49.4 Å². The van der Waals surface area contributed by atoms with Crippen LogP contribution in [0, 0.1) is 0 Å². The minimum atomic E-state index is -0.287. The minimum absolute atomic E-state index is 0.0816. The molecule has 2 N–H and O–H groups in total. The molecule has 0 unspecified atom stereocenters. The number of anilines is 2. The second-order valence-electron chi connectivity index (χ2n) is 7.34. The van der Waals surface area contributed by atoms with Crippen LogP contribution < -0.4 is 15.5 Å². The van der Waals surface area contributed by atoms with Gasteiger partial charge in [-0.15, -0.1) is 0 Å². The maximum absolute atomic E-state index is 13.2. The number of methoxy groups -OCH3 is 1. The molecule has 0 atom stereocenters. The second kappa shape index (κ2) is 9.89. The summed E-state index contributed by atoms with van der Waals surface area (Å²) in [7, 11) is 3.16. The lowest BCUT2D eigenvalue weighted by Crippen LogP contribution is -2.33. The Kier molecular flexibility index (Phi) is 6.76.